The Bertz CT molecular complexity index is 745. The van der Waals surface area contributed by atoms with Crippen LogP contribution in [-0.2, 0) is 17.5 Å². The van der Waals surface area contributed by atoms with Crippen molar-refractivity contribution in [1.29, 1.82) is 0 Å². The van der Waals surface area contributed by atoms with Gasteiger partial charge in [-0.15, -0.1) is 11.8 Å². The molecule has 0 saturated carbocycles. The van der Waals surface area contributed by atoms with Gasteiger partial charge in [-0.05, 0) is 18.2 Å². The molecule has 8 heteroatoms. The summed E-state index contributed by atoms with van der Waals surface area (Å²) in [5.41, 5.74) is -1.62. The Morgan fingerprint density at radius 3 is 2.50 bits per heavy atom. The van der Waals surface area contributed by atoms with Gasteiger partial charge in [-0.2, -0.15) is 13.2 Å². The van der Waals surface area contributed by atoms with E-state index in [2.05, 4.69) is 5.32 Å². The first-order valence-corrected chi connectivity index (χ1v) is 8.07. The van der Waals surface area contributed by atoms with E-state index in [0.29, 0.717) is 24.6 Å². The highest BCUT2D eigenvalue weighted by Gasteiger charge is 2.31. The number of carbonyl (C=O) groups excluding carboxylic acids is 1. The summed E-state index contributed by atoms with van der Waals surface area (Å²) in [6.07, 6.45) is -3.90. The molecule has 0 bridgehead atoms. The Labute approximate surface area is 140 Å². The number of carbonyl (C=O) groups is 1. The summed E-state index contributed by atoms with van der Waals surface area (Å²) >= 11 is 1.55. The van der Waals surface area contributed by atoms with Gasteiger partial charge < -0.3 is 9.88 Å². The lowest BCUT2D eigenvalue weighted by molar-refractivity contribution is -0.138. The zero-order chi connectivity index (χ0) is 17.6. The average Bonchev–Trinajstić information content (AvgIpc) is 2.53. The third-order valence-corrected chi connectivity index (χ3v) is 4.07. The average molecular weight is 356 g/mol. The predicted octanol–water partition coefficient (Wildman–Crippen LogP) is 2.78. The maximum atomic E-state index is 12.6. The minimum atomic E-state index is -4.56. The number of aromatic nitrogens is 1. The fraction of sp³-hybridized carbons (Fsp3) is 0.250. The van der Waals surface area contributed by atoms with Crippen LogP contribution in [0.5, 0.6) is 0 Å². The molecule has 0 aliphatic rings. The van der Waals surface area contributed by atoms with E-state index in [9.17, 15) is 22.8 Å². The van der Waals surface area contributed by atoms with Crippen molar-refractivity contribution in [2.45, 2.75) is 17.6 Å². The molecule has 1 heterocycles. The lowest BCUT2D eigenvalue weighted by Gasteiger charge is -2.11. The quantitative estimate of drug-likeness (QED) is 0.640. The number of pyridine rings is 1. The van der Waals surface area contributed by atoms with Crippen LogP contribution in [-0.4, -0.2) is 22.8 Å². The molecule has 2 aromatic rings. The fourth-order valence-electron chi connectivity index (χ4n) is 1.91. The summed E-state index contributed by atoms with van der Waals surface area (Å²) in [5, 5.41) is 2.59. The summed E-state index contributed by atoms with van der Waals surface area (Å²) in [6.45, 7) is -0.0924. The molecule has 0 spiro atoms. The van der Waals surface area contributed by atoms with E-state index in [1.807, 2.05) is 30.3 Å². The number of nitrogens with zero attached hydrogens (tertiary/aromatic N) is 1. The van der Waals surface area contributed by atoms with Gasteiger partial charge >= 0.3 is 6.18 Å². The van der Waals surface area contributed by atoms with E-state index in [0.717, 1.165) is 15.5 Å². The van der Waals surface area contributed by atoms with Crippen molar-refractivity contribution in [2.75, 3.05) is 12.3 Å². The van der Waals surface area contributed by atoms with Crippen molar-refractivity contribution in [2.24, 2.45) is 0 Å². The molecule has 1 N–H and O–H groups in total. The number of nitrogens with one attached hydrogen (secondary N) is 1. The number of hydrogen-bond donors (Lipinski definition) is 1. The molecule has 0 atom stereocenters. The molecule has 0 unspecified atom stereocenters. The number of benzene rings is 1. The second kappa shape index (κ2) is 8.05. The highest BCUT2D eigenvalue weighted by atomic mass is 32.2. The van der Waals surface area contributed by atoms with Crippen LogP contribution in [0.3, 0.4) is 0 Å². The predicted molar refractivity (Wildman–Crippen MR) is 85.9 cm³/mol. The van der Waals surface area contributed by atoms with Crippen LogP contribution in [0.2, 0.25) is 0 Å². The second-order valence-electron chi connectivity index (χ2n) is 4.89. The molecule has 0 radical (unpaired) electrons. The van der Waals surface area contributed by atoms with Crippen LogP contribution in [0.1, 0.15) is 5.56 Å². The molecule has 1 aromatic carbocycles. The molecule has 0 saturated heterocycles. The van der Waals surface area contributed by atoms with Crippen LogP contribution in [0.15, 0.2) is 58.4 Å². The van der Waals surface area contributed by atoms with Crippen molar-refractivity contribution < 1.29 is 18.0 Å². The molecule has 128 valence electrons. The van der Waals surface area contributed by atoms with Crippen molar-refractivity contribution >= 4 is 17.7 Å². The lowest BCUT2D eigenvalue weighted by atomic mass is 10.3. The van der Waals surface area contributed by atoms with E-state index in [4.69, 9.17) is 0 Å². The first-order valence-electron chi connectivity index (χ1n) is 7.08. The Hall–Kier alpha value is -2.22. The summed E-state index contributed by atoms with van der Waals surface area (Å²) in [7, 11) is 0. The van der Waals surface area contributed by atoms with Gasteiger partial charge in [0.1, 0.15) is 6.54 Å². The summed E-state index contributed by atoms with van der Waals surface area (Å²) in [6, 6.07) is 11.1. The minimum Gasteiger partial charge on any atom is -0.354 e. The number of hydrogen-bond acceptors (Lipinski definition) is 3. The van der Waals surface area contributed by atoms with Crippen LogP contribution in [0.25, 0.3) is 0 Å². The topological polar surface area (TPSA) is 51.1 Å². The van der Waals surface area contributed by atoms with Crippen LogP contribution in [0, 0.1) is 0 Å². The number of rotatable bonds is 6. The number of alkyl halides is 3. The van der Waals surface area contributed by atoms with Gasteiger partial charge in [-0.25, -0.2) is 0 Å². The van der Waals surface area contributed by atoms with E-state index in [-0.39, 0.29) is 0 Å². The lowest BCUT2D eigenvalue weighted by Crippen LogP contribution is -2.33. The number of amides is 1. The SMILES string of the molecule is O=C(Cn1cc(C(F)(F)F)ccc1=O)NCCSc1ccccc1. The molecular weight excluding hydrogens is 341 g/mol. The van der Waals surface area contributed by atoms with Gasteiger partial charge in [0.15, 0.2) is 0 Å². The molecule has 4 nitrogen and oxygen atoms in total. The summed E-state index contributed by atoms with van der Waals surface area (Å²) in [4.78, 5) is 24.4. The zero-order valence-electron chi connectivity index (χ0n) is 12.5. The van der Waals surface area contributed by atoms with Gasteiger partial charge in [0.2, 0.25) is 5.91 Å². The molecular formula is C16H15F3N2O2S. The summed E-state index contributed by atoms with van der Waals surface area (Å²) < 4.78 is 38.6. The Morgan fingerprint density at radius 2 is 1.83 bits per heavy atom. The van der Waals surface area contributed by atoms with Crippen LogP contribution < -0.4 is 10.9 Å². The van der Waals surface area contributed by atoms with Gasteiger partial charge in [-0.3, -0.25) is 9.59 Å². The largest absolute Gasteiger partial charge is 0.417 e. The maximum absolute atomic E-state index is 12.6. The van der Waals surface area contributed by atoms with E-state index < -0.39 is 29.8 Å². The van der Waals surface area contributed by atoms with Crippen molar-refractivity contribution in [1.82, 2.24) is 9.88 Å². The standard InChI is InChI=1S/C16H15F3N2O2S/c17-16(18,19)12-6-7-15(23)21(10-12)11-14(22)20-8-9-24-13-4-2-1-3-5-13/h1-7,10H,8-9,11H2,(H,20,22). The third kappa shape index (κ3) is 5.45. The normalized spacial score (nSPS) is 11.3. The van der Waals surface area contributed by atoms with Crippen molar-refractivity contribution in [3.63, 3.8) is 0 Å². The van der Waals surface area contributed by atoms with Crippen molar-refractivity contribution in [3.8, 4) is 0 Å². The molecule has 0 fully saturated rings. The Balaban J connectivity index is 1.85. The van der Waals surface area contributed by atoms with Gasteiger partial charge in [0.25, 0.3) is 5.56 Å². The zero-order valence-corrected chi connectivity index (χ0v) is 13.4. The number of thioether (sulfide) groups is 1. The first-order chi connectivity index (χ1) is 11.4. The van der Waals surface area contributed by atoms with Crippen LogP contribution >= 0.6 is 11.8 Å². The monoisotopic (exact) mass is 356 g/mol. The van der Waals surface area contributed by atoms with E-state index in [1.54, 1.807) is 11.8 Å². The number of halogens is 3. The first kappa shape index (κ1) is 18.1. The van der Waals surface area contributed by atoms with Gasteiger partial charge in [0.05, 0.1) is 5.56 Å². The molecule has 24 heavy (non-hydrogen) atoms. The van der Waals surface area contributed by atoms with Crippen molar-refractivity contribution in [3.05, 3.63) is 64.6 Å². The molecule has 0 aliphatic heterocycles. The highest BCUT2D eigenvalue weighted by Crippen LogP contribution is 2.27. The summed E-state index contributed by atoms with van der Waals surface area (Å²) in [5.74, 6) is 0.109. The smallest absolute Gasteiger partial charge is 0.354 e. The Kier molecular flexibility index (Phi) is 6.08. The molecule has 2 rings (SSSR count). The maximum Gasteiger partial charge on any atom is 0.417 e. The molecule has 0 aliphatic carbocycles. The van der Waals surface area contributed by atoms with Gasteiger partial charge in [0, 0.05) is 29.5 Å². The third-order valence-electron chi connectivity index (χ3n) is 3.06. The minimum absolute atomic E-state index is 0.353. The molecule has 1 aromatic heterocycles. The van der Waals surface area contributed by atoms with E-state index >= 15 is 0 Å². The Morgan fingerprint density at radius 1 is 1.12 bits per heavy atom. The van der Waals surface area contributed by atoms with E-state index in [1.165, 1.54) is 0 Å². The van der Waals surface area contributed by atoms with Gasteiger partial charge in [-0.1, -0.05) is 18.2 Å². The highest BCUT2D eigenvalue weighted by molar-refractivity contribution is 7.99. The van der Waals surface area contributed by atoms with Crippen LogP contribution in [0.4, 0.5) is 13.2 Å². The fourth-order valence-corrected chi connectivity index (χ4v) is 2.70. The second-order valence-corrected chi connectivity index (χ2v) is 6.06. The molecule has 1 amide bonds.